The van der Waals surface area contributed by atoms with Gasteiger partial charge in [0.2, 0.25) is 15.9 Å². The molecule has 1 atom stereocenters. The number of amides is 1. The Morgan fingerprint density at radius 1 is 1.23 bits per heavy atom. The molecule has 0 aliphatic carbocycles. The summed E-state index contributed by atoms with van der Waals surface area (Å²) in [7, 11) is 2.58. The van der Waals surface area contributed by atoms with E-state index in [9.17, 15) is 13.2 Å². The smallest absolute Gasteiger partial charge is 0.236 e. The highest BCUT2D eigenvalue weighted by molar-refractivity contribution is 7.88. The highest BCUT2D eigenvalue weighted by atomic mass is 32.2. The molecule has 1 saturated heterocycles. The van der Waals surface area contributed by atoms with Gasteiger partial charge in [0.1, 0.15) is 0 Å². The van der Waals surface area contributed by atoms with Crippen LogP contribution in [0.15, 0.2) is 24.3 Å². The molecule has 8 heteroatoms. The molecule has 146 valence electrons. The van der Waals surface area contributed by atoms with Gasteiger partial charge in [0.05, 0.1) is 12.8 Å². The topological polar surface area (TPSA) is 73.0 Å². The van der Waals surface area contributed by atoms with Crippen LogP contribution in [0.4, 0.5) is 5.69 Å². The third kappa shape index (κ3) is 6.59. The maximum absolute atomic E-state index is 12.5. The third-order valence-corrected chi connectivity index (χ3v) is 5.30. The number of hydrogen-bond acceptors (Lipinski definition) is 5. The predicted octanol–water partition coefficient (Wildman–Crippen LogP) is 0.725. The fourth-order valence-electron chi connectivity index (χ4n) is 3.17. The van der Waals surface area contributed by atoms with Crippen LogP contribution in [0.25, 0.3) is 0 Å². The molecule has 1 fully saturated rings. The largest absolute Gasteiger partial charge is 0.378 e. The Kier molecular flexibility index (Phi) is 7.02. The molecular formula is C18H30N4O3S. The number of nitrogens with zero attached hydrogens (tertiary/aromatic N) is 3. The summed E-state index contributed by atoms with van der Waals surface area (Å²) in [5.74, 6) is 0.0432. The zero-order chi connectivity index (χ0) is 19.3. The number of anilines is 1. The van der Waals surface area contributed by atoms with E-state index in [4.69, 9.17) is 0 Å². The maximum Gasteiger partial charge on any atom is 0.236 e. The average Bonchev–Trinajstić information content (AvgIpc) is 2.54. The molecular weight excluding hydrogens is 352 g/mol. The number of carbonyl (C=O) groups excluding carboxylic acids is 1. The second kappa shape index (κ2) is 8.83. The summed E-state index contributed by atoms with van der Waals surface area (Å²) in [5, 5.41) is 0. The second-order valence-electron chi connectivity index (χ2n) is 7.27. The van der Waals surface area contributed by atoms with Gasteiger partial charge in [0.25, 0.3) is 0 Å². The van der Waals surface area contributed by atoms with E-state index >= 15 is 0 Å². The molecule has 1 N–H and O–H groups in total. The minimum Gasteiger partial charge on any atom is -0.378 e. The maximum atomic E-state index is 12.5. The molecule has 1 aromatic carbocycles. The third-order valence-electron chi connectivity index (χ3n) is 4.54. The summed E-state index contributed by atoms with van der Waals surface area (Å²) in [6.07, 6.45) is 2.87. The van der Waals surface area contributed by atoms with E-state index in [2.05, 4.69) is 4.72 Å². The first-order chi connectivity index (χ1) is 12.1. The summed E-state index contributed by atoms with van der Waals surface area (Å²) >= 11 is 0. The van der Waals surface area contributed by atoms with Gasteiger partial charge in [-0.15, -0.1) is 0 Å². The number of rotatable bonds is 7. The molecule has 0 aromatic heterocycles. The monoisotopic (exact) mass is 382 g/mol. The van der Waals surface area contributed by atoms with Crippen molar-refractivity contribution in [3.63, 3.8) is 0 Å². The highest BCUT2D eigenvalue weighted by Crippen LogP contribution is 2.14. The molecule has 1 aliphatic rings. The van der Waals surface area contributed by atoms with Crippen molar-refractivity contribution < 1.29 is 13.2 Å². The minimum absolute atomic E-state index is 0.0432. The molecule has 1 aromatic rings. The van der Waals surface area contributed by atoms with Crippen LogP contribution >= 0.6 is 0 Å². The highest BCUT2D eigenvalue weighted by Gasteiger charge is 2.24. The fourth-order valence-corrected chi connectivity index (χ4v) is 3.97. The summed E-state index contributed by atoms with van der Waals surface area (Å²) in [6.45, 7) is 2.27. The lowest BCUT2D eigenvalue weighted by atomic mass is 10.1. The van der Waals surface area contributed by atoms with Gasteiger partial charge in [-0.3, -0.25) is 9.69 Å². The van der Waals surface area contributed by atoms with Crippen LogP contribution in [0.3, 0.4) is 0 Å². The first-order valence-electron chi connectivity index (χ1n) is 8.84. The number of nitrogens with one attached hydrogen (secondary N) is 1. The lowest BCUT2D eigenvalue weighted by Crippen LogP contribution is -2.50. The van der Waals surface area contributed by atoms with Crippen molar-refractivity contribution in [2.75, 3.05) is 51.9 Å². The molecule has 0 spiro atoms. The number of carbonyl (C=O) groups is 1. The lowest BCUT2D eigenvalue weighted by Gasteiger charge is -2.33. The molecule has 26 heavy (non-hydrogen) atoms. The van der Waals surface area contributed by atoms with Crippen molar-refractivity contribution in [3.05, 3.63) is 29.8 Å². The Morgan fingerprint density at radius 2 is 1.88 bits per heavy atom. The first kappa shape index (κ1) is 20.7. The van der Waals surface area contributed by atoms with E-state index < -0.39 is 10.0 Å². The summed E-state index contributed by atoms with van der Waals surface area (Å²) < 4.78 is 25.4. The molecule has 0 bridgehead atoms. The quantitative estimate of drug-likeness (QED) is 0.752. The Balaban J connectivity index is 1.86. The Labute approximate surface area is 157 Å². The molecule has 2 rings (SSSR count). The van der Waals surface area contributed by atoms with E-state index in [0.29, 0.717) is 19.6 Å². The van der Waals surface area contributed by atoms with Crippen molar-refractivity contribution in [3.8, 4) is 0 Å². The number of likely N-dealkylation sites (tertiary alicyclic amines) is 1. The van der Waals surface area contributed by atoms with Crippen LogP contribution in [0, 0.1) is 0 Å². The van der Waals surface area contributed by atoms with Gasteiger partial charge in [-0.05, 0) is 37.1 Å². The molecule has 1 unspecified atom stereocenters. The normalized spacial score (nSPS) is 18.5. The van der Waals surface area contributed by atoms with Crippen LogP contribution < -0.4 is 9.62 Å². The van der Waals surface area contributed by atoms with Crippen LogP contribution in [0.2, 0.25) is 0 Å². The minimum atomic E-state index is -3.22. The molecule has 1 heterocycles. The Hall–Kier alpha value is -1.64. The number of piperidine rings is 1. The van der Waals surface area contributed by atoms with Gasteiger partial charge < -0.3 is 9.80 Å². The number of sulfonamides is 1. The van der Waals surface area contributed by atoms with Crippen LogP contribution in [0.1, 0.15) is 18.4 Å². The summed E-state index contributed by atoms with van der Waals surface area (Å²) in [5.41, 5.74) is 2.21. The Bertz CT molecular complexity index is 704. The first-order valence-corrected chi connectivity index (χ1v) is 10.7. The van der Waals surface area contributed by atoms with Gasteiger partial charge >= 0.3 is 0 Å². The number of benzene rings is 1. The lowest BCUT2D eigenvalue weighted by molar-refractivity contribution is -0.131. The molecule has 7 nitrogen and oxygen atoms in total. The number of likely N-dealkylation sites (N-methyl/N-ethyl adjacent to an activating group) is 1. The predicted molar refractivity (Wildman–Crippen MR) is 105 cm³/mol. The van der Waals surface area contributed by atoms with Crippen LogP contribution in [0.5, 0.6) is 0 Å². The van der Waals surface area contributed by atoms with Gasteiger partial charge in [-0.2, -0.15) is 0 Å². The van der Waals surface area contributed by atoms with E-state index in [1.54, 1.807) is 11.9 Å². The van der Waals surface area contributed by atoms with Gasteiger partial charge in [-0.25, -0.2) is 13.1 Å². The van der Waals surface area contributed by atoms with Gasteiger partial charge in [0.15, 0.2) is 0 Å². The molecule has 1 amide bonds. The SMILES string of the molecule is CN(Cc1ccc(N(C)C)cc1)C(=O)CN1CCCC(NS(C)(=O)=O)C1. The van der Waals surface area contributed by atoms with Crippen molar-refractivity contribution in [1.29, 1.82) is 0 Å². The second-order valence-corrected chi connectivity index (χ2v) is 9.05. The van der Waals surface area contributed by atoms with Crippen molar-refractivity contribution in [2.24, 2.45) is 0 Å². The zero-order valence-electron chi connectivity index (χ0n) is 16.1. The van der Waals surface area contributed by atoms with Crippen LogP contribution in [-0.2, 0) is 21.4 Å². The molecule has 0 saturated carbocycles. The average molecular weight is 383 g/mol. The van der Waals surface area contributed by atoms with Crippen molar-refractivity contribution in [2.45, 2.75) is 25.4 Å². The van der Waals surface area contributed by atoms with E-state index in [1.807, 2.05) is 48.2 Å². The van der Waals surface area contributed by atoms with Gasteiger partial charge in [0, 0.05) is 46.0 Å². The fraction of sp³-hybridized carbons (Fsp3) is 0.611. The van der Waals surface area contributed by atoms with E-state index in [1.165, 1.54) is 6.26 Å². The number of hydrogen-bond donors (Lipinski definition) is 1. The van der Waals surface area contributed by atoms with Crippen LogP contribution in [-0.4, -0.2) is 77.2 Å². The summed E-state index contributed by atoms with van der Waals surface area (Å²) in [4.78, 5) is 18.3. The molecule has 0 radical (unpaired) electrons. The summed E-state index contributed by atoms with van der Waals surface area (Å²) in [6, 6.07) is 8.04. The van der Waals surface area contributed by atoms with E-state index in [0.717, 1.165) is 30.6 Å². The standard InChI is InChI=1S/C18H30N4O3S/c1-20(2)17-9-7-15(8-10-17)12-21(3)18(23)14-22-11-5-6-16(13-22)19-26(4,24)25/h7-10,16,19H,5-6,11-14H2,1-4H3. The van der Waals surface area contributed by atoms with Crippen molar-refractivity contribution >= 4 is 21.6 Å². The van der Waals surface area contributed by atoms with E-state index in [-0.39, 0.29) is 11.9 Å². The van der Waals surface area contributed by atoms with Crippen molar-refractivity contribution in [1.82, 2.24) is 14.5 Å². The van der Waals surface area contributed by atoms with Gasteiger partial charge in [-0.1, -0.05) is 12.1 Å². The Morgan fingerprint density at radius 3 is 2.46 bits per heavy atom. The zero-order valence-corrected chi connectivity index (χ0v) is 16.9. The molecule has 1 aliphatic heterocycles.